The van der Waals surface area contributed by atoms with Crippen LogP contribution < -0.4 is 0 Å². The van der Waals surface area contributed by atoms with Gasteiger partial charge in [-0.25, -0.2) is 4.79 Å². The zero-order chi connectivity index (χ0) is 19.4. The number of ether oxygens (including phenoxy) is 1. The van der Waals surface area contributed by atoms with Gasteiger partial charge in [0.25, 0.3) is 5.91 Å². The average molecular weight is 386 g/mol. The molecule has 3 rings (SSSR count). The first-order valence-electron chi connectivity index (χ1n) is 9.59. The fourth-order valence-corrected chi connectivity index (χ4v) is 4.42. The second kappa shape index (κ2) is 8.70. The molecule has 27 heavy (non-hydrogen) atoms. The third-order valence-electron chi connectivity index (χ3n) is 5.31. The van der Waals surface area contributed by atoms with Crippen LogP contribution in [0.2, 0.25) is 0 Å². The van der Waals surface area contributed by atoms with Gasteiger partial charge >= 0.3 is 5.97 Å². The molecule has 1 aromatic heterocycles. The Morgan fingerprint density at radius 1 is 1.11 bits per heavy atom. The summed E-state index contributed by atoms with van der Waals surface area (Å²) in [4.78, 5) is 27.7. The van der Waals surface area contributed by atoms with Crippen molar-refractivity contribution in [3.05, 3.63) is 46.2 Å². The number of hydrogen-bond donors (Lipinski definition) is 0. The van der Waals surface area contributed by atoms with Crippen molar-refractivity contribution in [1.29, 1.82) is 0 Å². The van der Waals surface area contributed by atoms with Crippen molar-refractivity contribution >= 4 is 23.2 Å². The van der Waals surface area contributed by atoms with E-state index in [4.69, 9.17) is 4.74 Å². The Kier molecular flexibility index (Phi) is 6.32. The molecular formula is C22H27NO3S. The summed E-state index contributed by atoms with van der Waals surface area (Å²) < 4.78 is 5.53. The molecule has 0 bridgehead atoms. The minimum atomic E-state index is -0.780. The third-order valence-corrected chi connectivity index (χ3v) is 6.21. The summed E-state index contributed by atoms with van der Waals surface area (Å²) >= 11 is 1.35. The lowest BCUT2D eigenvalue weighted by molar-refractivity contribution is -0.141. The summed E-state index contributed by atoms with van der Waals surface area (Å²) in [6, 6.07) is 10.2. The van der Waals surface area contributed by atoms with Crippen molar-refractivity contribution in [2.75, 3.05) is 7.05 Å². The van der Waals surface area contributed by atoms with Crippen LogP contribution in [0, 0.1) is 6.92 Å². The summed E-state index contributed by atoms with van der Waals surface area (Å²) in [7, 11) is 1.82. The molecule has 1 heterocycles. The molecular weight excluding hydrogens is 358 g/mol. The number of amides is 1. The van der Waals surface area contributed by atoms with Crippen molar-refractivity contribution < 1.29 is 14.3 Å². The maximum atomic E-state index is 12.7. The Labute approximate surface area is 165 Å². The molecule has 5 heteroatoms. The highest BCUT2D eigenvalue weighted by atomic mass is 32.1. The van der Waals surface area contributed by atoms with Crippen LogP contribution in [0.3, 0.4) is 0 Å². The molecule has 1 amide bonds. The lowest BCUT2D eigenvalue weighted by Gasteiger charge is -2.32. The number of aryl methyl sites for hydroxylation is 1. The summed E-state index contributed by atoms with van der Waals surface area (Å²) in [5.74, 6) is -0.554. The number of thiophene rings is 1. The highest BCUT2D eigenvalue weighted by Gasteiger charge is 2.28. The van der Waals surface area contributed by atoms with Gasteiger partial charge in [0.05, 0.1) is 0 Å². The predicted octanol–water partition coefficient (Wildman–Crippen LogP) is 5.06. The number of likely N-dealkylation sites (N-methyl/N-ethyl adjacent to an activating group) is 1. The third kappa shape index (κ3) is 4.59. The molecule has 1 atom stereocenters. The predicted molar refractivity (Wildman–Crippen MR) is 109 cm³/mol. The van der Waals surface area contributed by atoms with Gasteiger partial charge in [0.2, 0.25) is 0 Å². The quantitative estimate of drug-likeness (QED) is 0.676. The topological polar surface area (TPSA) is 46.6 Å². The van der Waals surface area contributed by atoms with Crippen molar-refractivity contribution in [3.63, 3.8) is 0 Å². The zero-order valence-electron chi connectivity index (χ0n) is 16.2. The maximum Gasteiger partial charge on any atom is 0.349 e. The molecule has 0 aliphatic heterocycles. The van der Waals surface area contributed by atoms with Crippen molar-refractivity contribution in [2.45, 2.75) is 58.1 Å². The Morgan fingerprint density at radius 2 is 1.78 bits per heavy atom. The zero-order valence-corrected chi connectivity index (χ0v) is 17.1. The number of nitrogens with zero attached hydrogens (tertiary/aromatic N) is 1. The smallest absolute Gasteiger partial charge is 0.349 e. The van der Waals surface area contributed by atoms with Gasteiger partial charge in [-0.05, 0) is 43.7 Å². The summed E-state index contributed by atoms with van der Waals surface area (Å²) in [5, 5.41) is 1.88. The van der Waals surface area contributed by atoms with E-state index in [0.29, 0.717) is 4.88 Å². The van der Waals surface area contributed by atoms with Crippen molar-refractivity contribution in [3.8, 4) is 11.1 Å². The molecule has 1 aliphatic carbocycles. The fraction of sp³-hybridized carbons (Fsp3) is 0.455. The van der Waals surface area contributed by atoms with Crippen LogP contribution >= 0.6 is 11.3 Å². The maximum absolute atomic E-state index is 12.7. The molecule has 2 aromatic rings. The summed E-state index contributed by atoms with van der Waals surface area (Å²) in [6.07, 6.45) is 4.84. The minimum absolute atomic E-state index is 0.122. The Bertz CT molecular complexity index is 790. The van der Waals surface area contributed by atoms with Gasteiger partial charge in [0.15, 0.2) is 6.10 Å². The monoisotopic (exact) mass is 385 g/mol. The Balaban J connectivity index is 1.67. The Morgan fingerprint density at radius 3 is 2.44 bits per heavy atom. The van der Waals surface area contributed by atoms with E-state index in [0.717, 1.165) is 36.8 Å². The number of rotatable bonds is 5. The molecule has 0 saturated heterocycles. The second-order valence-electron chi connectivity index (χ2n) is 7.32. The van der Waals surface area contributed by atoms with Crippen LogP contribution in [0.4, 0.5) is 0 Å². The molecule has 144 valence electrons. The van der Waals surface area contributed by atoms with Gasteiger partial charge in [-0.3, -0.25) is 4.79 Å². The molecule has 0 N–H and O–H groups in total. The normalized spacial score (nSPS) is 16.0. The van der Waals surface area contributed by atoms with Crippen LogP contribution in [0.25, 0.3) is 11.1 Å². The van der Waals surface area contributed by atoms with Gasteiger partial charge in [-0.2, -0.15) is 0 Å². The summed E-state index contributed by atoms with van der Waals surface area (Å²) in [6.45, 7) is 3.70. The van der Waals surface area contributed by atoms with Gasteiger partial charge in [-0.15, -0.1) is 11.3 Å². The van der Waals surface area contributed by atoms with E-state index in [1.54, 1.807) is 11.8 Å². The first-order valence-corrected chi connectivity index (χ1v) is 10.5. The first kappa shape index (κ1) is 19.6. The van der Waals surface area contributed by atoms with Gasteiger partial charge in [0.1, 0.15) is 4.88 Å². The number of benzene rings is 1. The van der Waals surface area contributed by atoms with Gasteiger partial charge in [-0.1, -0.05) is 49.1 Å². The number of carbonyl (C=O) groups is 2. The second-order valence-corrected chi connectivity index (χ2v) is 8.23. The Hall–Kier alpha value is -2.14. The molecule has 4 nitrogen and oxygen atoms in total. The van der Waals surface area contributed by atoms with Crippen LogP contribution in [0.5, 0.6) is 0 Å². The average Bonchev–Trinajstić information content (AvgIpc) is 3.18. The van der Waals surface area contributed by atoms with Crippen LogP contribution in [0.1, 0.15) is 54.3 Å². The van der Waals surface area contributed by atoms with E-state index in [1.807, 2.05) is 49.7 Å². The SMILES string of the molecule is Cc1ccc(-c2ccsc2C(=O)O[C@H](C)C(=O)N(C)C2CCCCC2)cc1. The largest absolute Gasteiger partial charge is 0.448 e. The van der Waals surface area contributed by atoms with E-state index >= 15 is 0 Å². The van der Waals surface area contributed by atoms with E-state index < -0.39 is 12.1 Å². The first-order chi connectivity index (χ1) is 13.0. The molecule has 0 spiro atoms. The van der Waals surface area contributed by atoms with E-state index in [1.165, 1.54) is 23.3 Å². The van der Waals surface area contributed by atoms with Crippen molar-refractivity contribution in [1.82, 2.24) is 4.90 Å². The lowest BCUT2D eigenvalue weighted by atomic mass is 9.94. The number of esters is 1. The molecule has 1 saturated carbocycles. The molecule has 0 unspecified atom stereocenters. The molecule has 1 fully saturated rings. The molecule has 0 radical (unpaired) electrons. The van der Waals surface area contributed by atoms with Crippen LogP contribution in [-0.2, 0) is 9.53 Å². The van der Waals surface area contributed by atoms with E-state index in [2.05, 4.69) is 0 Å². The number of carbonyl (C=O) groups excluding carboxylic acids is 2. The molecule has 1 aromatic carbocycles. The lowest BCUT2D eigenvalue weighted by Crippen LogP contribution is -2.44. The van der Waals surface area contributed by atoms with Gasteiger partial charge < -0.3 is 9.64 Å². The fourth-order valence-electron chi connectivity index (χ4n) is 3.63. The summed E-state index contributed by atoms with van der Waals surface area (Å²) in [5.41, 5.74) is 3.00. The standard InChI is InChI=1S/C22H27NO3S/c1-15-9-11-17(12-10-15)19-13-14-27-20(19)22(25)26-16(2)21(24)23(3)18-7-5-4-6-8-18/h9-14,16,18H,4-8H2,1-3H3/t16-/m1/s1. The van der Waals surface area contributed by atoms with Gasteiger partial charge in [0, 0.05) is 18.7 Å². The van der Waals surface area contributed by atoms with E-state index in [9.17, 15) is 9.59 Å². The van der Waals surface area contributed by atoms with E-state index in [-0.39, 0.29) is 11.9 Å². The minimum Gasteiger partial charge on any atom is -0.448 e. The molecule has 1 aliphatic rings. The highest BCUT2D eigenvalue weighted by Crippen LogP contribution is 2.30. The van der Waals surface area contributed by atoms with Crippen molar-refractivity contribution in [2.24, 2.45) is 0 Å². The number of hydrogen-bond acceptors (Lipinski definition) is 4. The van der Waals surface area contributed by atoms with Crippen LogP contribution in [0.15, 0.2) is 35.7 Å². The van der Waals surface area contributed by atoms with Crippen LogP contribution in [-0.4, -0.2) is 36.0 Å². The highest BCUT2D eigenvalue weighted by molar-refractivity contribution is 7.12.